The van der Waals surface area contributed by atoms with Gasteiger partial charge in [0.25, 0.3) is 0 Å². The summed E-state index contributed by atoms with van der Waals surface area (Å²) in [4.78, 5) is 11.4. The van der Waals surface area contributed by atoms with Crippen LogP contribution in [0.25, 0.3) is 0 Å². The first kappa shape index (κ1) is 18.2. The van der Waals surface area contributed by atoms with Crippen LogP contribution in [0.1, 0.15) is 30.1 Å². The number of nitrogens with one attached hydrogen (secondary N) is 2. The molecule has 0 saturated carbocycles. The van der Waals surface area contributed by atoms with Gasteiger partial charge in [-0.3, -0.25) is 0 Å². The van der Waals surface area contributed by atoms with Gasteiger partial charge in [-0.2, -0.15) is 0 Å². The first-order valence-corrected chi connectivity index (χ1v) is 9.22. The summed E-state index contributed by atoms with van der Waals surface area (Å²) in [6, 6.07) is 4.01. The molecule has 1 heterocycles. The van der Waals surface area contributed by atoms with Gasteiger partial charge in [0.15, 0.2) is 0 Å². The first-order valence-electron chi connectivity index (χ1n) is 7.36. The van der Waals surface area contributed by atoms with E-state index in [2.05, 4.69) is 21.7 Å². The van der Waals surface area contributed by atoms with Crippen LogP contribution in [-0.4, -0.2) is 41.1 Å². The van der Waals surface area contributed by atoms with Crippen LogP contribution in [0, 0.1) is 5.41 Å². The van der Waals surface area contributed by atoms with Crippen LogP contribution < -0.4 is 10.0 Å². The fourth-order valence-electron chi connectivity index (χ4n) is 2.52. The molecule has 0 amide bonds. The van der Waals surface area contributed by atoms with Gasteiger partial charge in [-0.05, 0) is 49.5 Å². The van der Waals surface area contributed by atoms with E-state index in [9.17, 15) is 13.2 Å². The van der Waals surface area contributed by atoms with Crippen molar-refractivity contribution in [2.24, 2.45) is 5.41 Å². The number of hydrogen-bond donors (Lipinski definition) is 2. The predicted molar refractivity (Wildman–Crippen MR) is 88.2 cm³/mol. The molecule has 1 aromatic rings. The third-order valence-corrected chi connectivity index (χ3v) is 6.03. The molecule has 8 heteroatoms. The molecule has 0 atom stereocenters. The second kappa shape index (κ2) is 7.17. The van der Waals surface area contributed by atoms with Crippen molar-refractivity contribution in [2.45, 2.75) is 24.7 Å². The fraction of sp³-hybridized carbons (Fsp3) is 0.533. The lowest BCUT2D eigenvalue weighted by Crippen LogP contribution is -2.42. The molecule has 1 aromatic carbocycles. The maximum absolute atomic E-state index is 12.5. The number of ether oxygens (including phenoxy) is 1. The summed E-state index contributed by atoms with van der Waals surface area (Å²) >= 11 is 6.03. The number of piperidine rings is 1. The normalized spacial score (nSPS) is 17.7. The van der Waals surface area contributed by atoms with E-state index in [4.69, 9.17) is 11.6 Å². The molecular weight excluding hydrogens is 340 g/mol. The molecule has 0 unspecified atom stereocenters. The van der Waals surface area contributed by atoms with Crippen LogP contribution >= 0.6 is 11.6 Å². The van der Waals surface area contributed by atoms with Crippen LogP contribution in [-0.2, 0) is 14.8 Å². The van der Waals surface area contributed by atoms with Gasteiger partial charge < -0.3 is 10.1 Å². The van der Waals surface area contributed by atoms with E-state index in [0.29, 0.717) is 6.54 Å². The minimum Gasteiger partial charge on any atom is -0.465 e. The Hall–Kier alpha value is -1.15. The lowest BCUT2D eigenvalue weighted by Gasteiger charge is -2.34. The van der Waals surface area contributed by atoms with E-state index >= 15 is 0 Å². The SMILES string of the molecule is COC(=O)c1ccc(S(=O)(=O)NCC2(C)CCNCC2)c(Cl)c1. The Labute approximate surface area is 141 Å². The Balaban J connectivity index is 2.14. The molecule has 0 aromatic heterocycles. The van der Waals surface area contributed by atoms with Crippen molar-refractivity contribution in [3.8, 4) is 0 Å². The van der Waals surface area contributed by atoms with E-state index in [1.165, 1.54) is 25.3 Å². The molecule has 6 nitrogen and oxygen atoms in total. The number of carbonyl (C=O) groups is 1. The van der Waals surface area contributed by atoms with Crippen molar-refractivity contribution < 1.29 is 17.9 Å². The number of benzene rings is 1. The van der Waals surface area contributed by atoms with E-state index in [-0.39, 0.29) is 20.9 Å². The standard InChI is InChI=1S/C15H21ClN2O4S/c1-15(5-7-17-8-6-15)10-18-23(20,21)13-4-3-11(9-12(13)16)14(19)22-2/h3-4,9,17-18H,5-8,10H2,1-2H3. The molecule has 0 aliphatic carbocycles. The number of rotatable bonds is 5. The van der Waals surface area contributed by atoms with E-state index < -0.39 is 16.0 Å². The van der Waals surface area contributed by atoms with Gasteiger partial charge in [-0.25, -0.2) is 17.9 Å². The zero-order chi connectivity index (χ0) is 17.1. The molecule has 0 spiro atoms. The average molecular weight is 361 g/mol. The number of methoxy groups -OCH3 is 1. The molecule has 1 aliphatic heterocycles. The van der Waals surface area contributed by atoms with Crippen LogP contribution in [0.2, 0.25) is 5.02 Å². The van der Waals surface area contributed by atoms with Gasteiger partial charge >= 0.3 is 5.97 Å². The summed E-state index contributed by atoms with van der Waals surface area (Å²) in [6.07, 6.45) is 1.81. The zero-order valence-corrected chi connectivity index (χ0v) is 14.8. The highest BCUT2D eigenvalue weighted by molar-refractivity contribution is 7.89. The molecule has 1 aliphatic rings. The first-order chi connectivity index (χ1) is 10.8. The van der Waals surface area contributed by atoms with E-state index in [1.54, 1.807) is 0 Å². The third kappa shape index (κ3) is 4.44. The minimum absolute atomic E-state index is 0.00383. The zero-order valence-electron chi connectivity index (χ0n) is 13.2. The Bertz CT molecular complexity index is 685. The Kier molecular flexibility index (Phi) is 5.67. The molecule has 0 radical (unpaired) electrons. The predicted octanol–water partition coefficient (Wildman–Crippen LogP) is 1.79. The van der Waals surface area contributed by atoms with Gasteiger partial charge in [0.05, 0.1) is 17.7 Å². The molecule has 23 heavy (non-hydrogen) atoms. The van der Waals surface area contributed by atoms with Gasteiger partial charge in [0.1, 0.15) is 4.90 Å². The molecule has 128 valence electrons. The maximum atomic E-state index is 12.5. The van der Waals surface area contributed by atoms with Crippen molar-refractivity contribution in [3.05, 3.63) is 28.8 Å². The van der Waals surface area contributed by atoms with Crippen LogP contribution in [0.3, 0.4) is 0 Å². The van der Waals surface area contributed by atoms with Crippen molar-refractivity contribution >= 4 is 27.6 Å². The Morgan fingerprint density at radius 2 is 2.04 bits per heavy atom. The molecule has 2 N–H and O–H groups in total. The largest absolute Gasteiger partial charge is 0.465 e. The highest BCUT2D eigenvalue weighted by Crippen LogP contribution is 2.28. The van der Waals surface area contributed by atoms with Crippen molar-refractivity contribution in [1.29, 1.82) is 0 Å². The molecular formula is C15H21ClN2O4S. The summed E-state index contributed by atoms with van der Waals surface area (Å²) in [7, 11) is -2.48. The monoisotopic (exact) mass is 360 g/mol. The fourth-order valence-corrected chi connectivity index (χ4v) is 4.26. The second-order valence-electron chi connectivity index (χ2n) is 6.02. The summed E-state index contributed by atoms with van der Waals surface area (Å²) in [5, 5.41) is 3.25. The highest BCUT2D eigenvalue weighted by Gasteiger charge is 2.29. The summed E-state index contributed by atoms with van der Waals surface area (Å²) in [6.45, 7) is 4.18. The average Bonchev–Trinajstić information content (AvgIpc) is 2.53. The minimum atomic E-state index is -3.73. The summed E-state index contributed by atoms with van der Waals surface area (Å²) in [5.41, 5.74) is 0.137. The summed E-state index contributed by atoms with van der Waals surface area (Å²) < 4.78 is 32.1. The number of carbonyl (C=O) groups excluding carboxylic acids is 1. The number of hydrogen-bond acceptors (Lipinski definition) is 5. The Morgan fingerprint density at radius 3 is 2.61 bits per heavy atom. The molecule has 1 saturated heterocycles. The van der Waals surface area contributed by atoms with Crippen molar-refractivity contribution in [3.63, 3.8) is 0 Å². The number of esters is 1. The Morgan fingerprint density at radius 1 is 1.39 bits per heavy atom. The summed E-state index contributed by atoms with van der Waals surface area (Å²) in [5.74, 6) is -0.564. The van der Waals surface area contributed by atoms with Gasteiger partial charge in [-0.15, -0.1) is 0 Å². The van der Waals surface area contributed by atoms with Crippen LogP contribution in [0.15, 0.2) is 23.1 Å². The topological polar surface area (TPSA) is 84.5 Å². The van der Waals surface area contributed by atoms with Crippen LogP contribution in [0.5, 0.6) is 0 Å². The lowest BCUT2D eigenvalue weighted by molar-refractivity contribution is 0.0600. The lowest BCUT2D eigenvalue weighted by atomic mass is 9.81. The molecule has 0 bridgehead atoms. The van der Waals surface area contributed by atoms with Crippen molar-refractivity contribution in [1.82, 2.24) is 10.0 Å². The molecule has 2 rings (SSSR count). The van der Waals surface area contributed by atoms with Gasteiger partial charge in [0.2, 0.25) is 10.0 Å². The van der Waals surface area contributed by atoms with Crippen LogP contribution in [0.4, 0.5) is 0 Å². The number of sulfonamides is 1. The smallest absolute Gasteiger partial charge is 0.337 e. The second-order valence-corrected chi connectivity index (χ2v) is 8.16. The van der Waals surface area contributed by atoms with Crippen molar-refractivity contribution in [2.75, 3.05) is 26.7 Å². The van der Waals surface area contributed by atoms with Gasteiger partial charge in [-0.1, -0.05) is 18.5 Å². The third-order valence-electron chi connectivity index (χ3n) is 4.14. The highest BCUT2D eigenvalue weighted by atomic mass is 35.5. The van der Waals surface area contributed by atoms with E-state index in [0.717, 1.165) is 25.9 Å². The molecule has 1 fully saturated rings. The van der Waals surface area contributed by atoms with E-state index in [1.807, 2.05) is 0 Å². The van der Waals surface area contributed by atoms with Gasteiger partial charge in [0, 0.05) is 6.54 Å². The maximum Gasteiger partial charge on any atom is 0.337 e. The number of halogens is 1. The quantitative estimate of drug-likeness (QED) is 0.782.